The predicted octanol–water partition coefficient (Wildman–Crippen LogP) is 0.0510. The summed E-state index contributed by atoms with van der Waals surface area (Å²) in [6.07, 6.45) is 0. The summed E-state index contributed by atoms with van der Waals surface area (Å²) in [6.45, 7) is 3.22. The zero-order valence-electron chi connectivity index (χ0n) is 6.74. The van der Waals surface area contributed by atoms with Crippen molar-refractivity contribution in [1.82, 2.24) is 4.90 Å². The van der Waals surface area contributed by atoms with Crippen LogP contribution in [0.3, 0.4) is 0 Å². The van der Waals surface area contributed by atoms with Crippen LogP contribution in [-0.2, 0) is 4.79 Å². The minimum atomic E-state index is -0.808. The molecule has 1 aliphatic rings. The molecule has 0 spiro atoms. The van der Waals surface area contributed by atoms with Crippen molar-refractivity contribution in [3.05, 3.63) is 0 Å². The summed E-state index contributed by atoms with van der Waals surface area (Å²) in [4.78, 5) is 16.5. The summed E-state index contributed by atoms with van der Waals surface area (Å²) in [5, 5.41) is 8.65. The Morgan fingerprint density at radius 3 is 2.82 bits per heavy atom. The van der Waals surface area contributed by atoms with Gasteiger partial charge in [-0.1, -0.05) is 0 Å². The molecule has 0 bridgehead atoms. The molecule has 0 radical (unpaired) electrons. The molecule has 1 unspecified atom stereocenters. The lowest BCUT2D eigenvalue weighted by Crippen LogP contribution is -2.32. The number of hydrogen-bond donors (Lipinski definition) is 1. The summed E-state index contributed by atoms with van der Waals surface area (Å²) < 4.78 is 0. The van der Waals surface area contributed by atoms with E-state index in [-0.39, 0.29) is 0 Å². The fraction of sp³-hybridized carbons (Fsp3) is 0.714. The van der Waals surface area contributed by atoms with Gasteiger partial charge in [-0.3, -0.25) is 9.79 Å². The highest BCUT2D eigenvalue weighted by Gasteiger charge is 2.24. The normalized spacial score (nSPS) is 19.8. The number of carbonyl (C=O) groups is 1. The number of carboxylic acid groups (broad SMARTS) is 1. The van der Waals surface area contributed by atoms with Gasteiger partial charge in [0.1, 0.15) is 11.8 Å². The summed E-state index contributed by atoms with van der Waals surface area (Å²) >= 11 is 0. The van der Waals surface area contributed by atoms with Crippen LogP contribution in [0.15, 0.2) is 4.99 Å². The van der Waals surface area contributed by atoms with Crippen molar-refractivity contribution in [3.63, 3.8) is 0 Å². The number of aliphatic carboxylic acids is 1. The van der Waals surface area contributed by atoms with E-state index in [4.69, 9.17) is 5.11 Å². The predicted molar refractivity (Wildman–Crippen MR) is 41.7 cm³/mol. The molecule has 0 aromatic carbocycles. The lowest BCUT2D eigenvalue weighted by Gasteiger charge is -2.16. The first kappa shape index (κ1) is 8.04. The number of hydrogen-bond acceptors (Lipinski definition) is 3. The maximum atomic E-state index is 10.5. The number of carboxylic acids is 1. The third-order valence-electron chi connectivity index (χ3n) is 1.86. The Kier molecular flexibility index (Phi) is 2.12. The van der Waals surface area contributed by atoms with Crippen molar-refractivity contribution >= 4 is 11.8 Å². The number of nitrogens with zero attached hydrogens (tertiary/aromatic N) is 2. The Bertz CT molecular complexity index is 201. The van der Waals surface area contributed by atoms with Gasteiger partial charge in [-0.05, 0) is 6.92 Å². The van der Waals surface area contributed by atoms with Crippen molar-refractivity contribution < 1.29 is 9.90 Å². The van der Waals surface area contributed by atoms with E-state index in [1.807, 2.05) is 11.9 Å². The smallest absolute Gasteiger partial charge is 0.313 e. The monoisotopic (exact) mass is 156 g/mol. The summed E-state index contributed by atoms with van der Waals surface area (Å²) in [5.74, 6) is -0.586. The van der Waals surface area contributed by atoms with E-state index in [9.17, 15) is 4.79 Å². The van der Waals surface area contributed by atoms with Crippen LogP contribution in [0, 0.1) is 5.92 Å². The SMILES string of the molecule is CC(C(=O)O)C1=NCCN1C. The van der Waals surface area contributed by atoms with Gasteiger partial charge in [-0.15, -0.1) is 0 Å². The molecule has 1 aliphatic heterocycles. The number of likely N-dealkylation sites (N-methyl/N-ethyl adjacent to an activating group) is 1. The molecular weight excluding hydrogens is 144 g/mol. The first-order valence-electron chi connectivity index (χ1n) is 3.61. The zero-order chi connectivity index (χ0) is 8.43. The Labute approximate surface area is 65.5 Å². The van der Waals surface area contributed by atoms with Gasteiger partial charge in [0.25, 0.3) is 0 Å². The molecule has 62 valence electrons. The lowest BCUT2D eigenvalue weighted by molar-refractivity contribution is -0.139. The van der Waals surface area contributed by atoms with E-state index in [1.54, 1.807) is 6.92 Å². The van der Waals surface area contributed by atoms with Crippen molar-refractivity contribution in [1.29, 1.82) is 0 Å². The van der Waals surface area contributed by atoms with E-state index >= 15 is 0 Å². The van der Waals surface area contributed by atoms with Gasteiger partial charge in [-0.25, -0.2) is 0 Å². The van der Waals surface area contributed by atoms with E-state index in [1.165, 1.54) is 0 Å². The fourth-order valence-electron chi connectivity index (χ4n) is 1.13. The summed E-state index contributed by atoms with van der Waals surface area (Å²) in [5.41, 5.74) is 0. The van der Waals surface area contributed by atoms with Crippen LogP contribution in [0.2, 0.25) is 0 Å². The third-order valence-corrected chi connectivity index (χ3v) is 1.86. The average Bonchev–Trinajstić information content (AvgIpc) is 2.33. The molecule has 4 nitrogen and oxygen atoms in total. The van der Waals surface area contributed by atoms with Gasteiger partial charge in [0.2, 0.25) is 0 Å². The quantitative estimate of drug-likeness (QED) is 0.614. The Balaban J connectivity index is 2.66. The van der Waals surface area contributed by atoms with Gasteiger partial charge in [0, 0.05) is 13.6 Å². The van der Waals surface area contributed by atoms with E-state index < -0.39 is 11.9 Å². The van der Waals surface area contributed by atoms with Crippen molar-refractivity contribution in [2.45, 2.75) is 6.92 Å². The first-order chi connectivity index (χ1) is 5.13. The lowest BCUT2D eigenvalue weighted by atomic mass is 10.1. The molecule has 0 saturated heterocycles. The molecule has 1 N–H and O–H groups in total. The van der Waals surface area contributed by atoms with Gasteiger partial charge in [-0.2, -0.15) is 0 Å². The minimum absolute atomic E-state index is 0.470. The van der Waals surface area contributed by atoms with E-state index in [2.05, 4.69) is 4.99 Å². The second kappa shape index (κ2) is 2.90. The zero-order valence-corrected chi connectivity index (χ0v) is 6.74. The van der Waals surface area contributed by atoms with Crippen LogP contribution < -0.4 is 0 Å². The molecule has 1 atom stereocenters. The third kappa shape index (κ3) is 1.50. The molecule has 0 amide bonds. The average molecular weight is 156 g/mol. The standard InChI is InChI=1S/C7H12N2O2/c1-5(7(10)11)6-8-3-4-9(6)2/h5H,3-4H2,1-2H3,(H,10,11). The van der Waals surface area contributed by atoms with Crippen LogP contribution >= 0.6 is 0 Å². The fourth-order valence-corrected chi connectivity index (χ4v) is 1.13. The molecular formula is C7H12N2O2. The number of rotatable bonds is 2. The van der Waals surface area contributed by atoms with E-state index in [0.29, 0.717) is 5.84 Å². The highest BCUT2D eigenvalue weighted by Crippen LogP contribution is 2.08. The summed E-state index contributed by atoms with van der Waals surface area (Å²) in [6, 6.07) is 0. The molecule has 4 heteroatoms. The Morgan fingerprint density at radius 2 is 2.45 bits per heavy atom. The second-order valence-corrected chi connectivity index (χ2v) is 2.72. The summed E-state index contributed by atoms with van der Waals surface area (Å²) in [7, 11) is 1.87. The van der Waals surface area contributed by atoms with Gasteiger partial charge in [0.15, 0.2) is 0 Å². The highest BCUT2D eigenvalue weighted by atomic mass is 16.4. The van der Waals surface area contributed by atoms with Crippen molar-refractivity contribution in [2.75, 3.05) is 20.1 Å². The second-order valence-electron chi connectivity index (χ2n) is 2.72. The van der Waals surface area contributed by atoms with Crippen LogP contribution in [0.1, 0.15) is 6.92 Å². The van der Waals surface area contributed by atoms with Gasteiger partial charge in [0.05, 0.1) is 6.54 Å². The molecule has 1 rings (SSSR count). The molecule has 1 heterocycles. The van der Waals surface area contributed by atoms with Gasteiger partial charge < -0.3 is 10.0 Å². The van der Waals surface area contributed by atoms with Crippen LogP contribution in [0.4, 0.5) is 0 Å². The topological polar surface area (TPSA) is 52.9 Å². The maximum absolute atomic E-state index is 10.5. The van der Waals surface area contributed by atoms with Gasteiger partial charge >= 0.3 is 5.97 Å². The van der Waals surface area contributed by atoms with Crippen molar-refractivity contribution in [3.8, 4) is 0 Å². The van der Waals surface area contributed by atoms with Crippen LogP contribution in [0.5, 0.6) is 0 Å². The Hall–Kier alpha value is -1.06. The molecule has 11 heavy (non-hydrogen) atoms. The number of amidine groups is 1. The largest absolute Gasteiger partial charge is 0.481 e. The molecule has 0 aliphatic carbocycles. The number of aliphatic imine (C=N–C) groups is 1. The van der Waals surface area contributed by atoms with E-state index in [0.717, 1.165) is 13.1 Å². The Morgan fingerprint density at radius 1 is 1.82 bits per heavy atom. The first-order valence-corrected chi connectivity index (χ1v) is 3.61. The molecule has 0 fully saturated rings. The highest BCUT2D eigenvalue weighted by molar-refractivity contribution is 6.00. The van der Waals surface area contributed by atoms with Crippen LogP contribution in [0.25, 0.3) is 0 Å². The molecule has 0 aromatic rings. The molecule has 0 aromatic heterocycles. The molecule has 0 saturated carbocycles. The van der Waals surface area contributed by atoms with Crippen LogP contribution in [-0.4, -0.2) is 41.9 Å². The maximum Gasteiger partial charge on any atom is 0.313 e. The van der Waals surface area contributed by atoms with Crippen molar-refractivity contribution in [2.24, 2.45) is 10.9 Å². The minimum Gasteiger partial charge on any atom is -0.481 e.